The second-order valence-electron chi connectivity index (χ2n) is 6.87. The second-order valence-corrected chi connectivity index (χ2v) is 7.28. The van der Waals surface area contributed by atoms with Crippen molar-refractivity contribution in [2.75, 3.05) is 11.9 Å². The zero-order valence-corrected chi connectivity index (χ0v) is 16.2. The quantitative estimate of drug-likeness (QED) is 0.745. The summed E-state index contributed by atoms with van der Waals surface area (Å²) in [4.78, 5) is 38.4. The minimum atomic E-state index is -1.50. The van der Waals surface area contributed by atoms with Gasteiger partial charge in [-0.25, -0.2) is 13.9 Å². The molecule has 0 radical (unpaired) electrons. The molecule has 1 aromatic heterocycles. The zero-order chi connectivity index (χ0) is 20.6. The fourth-order valence-corrected chi connectivity index (χ4v) is 3.43. The first-order valence-corrected chi connectivity index (χ1v) is 8.94. The van der Waals surface area contributed by atoms with Crippen LogP contribution >= 0.6 is 11.6 Å². The number of urea groups is 1. The van der Waals surface area contributed by atoms with Gasteiger partial charge in [0.25, 0.3) is 5.91 Å². The lowest BCUT2D eigenvalue weighted by Gasteiger charge is -2.23. The molecule has 8 nitrogen and oxygen atoms in total. The Balaban J connectivity index is 1.78. The van der Waals surface area contributed by atoms with Crippen LogP contribution in [0.2, 0.25) is 5.02 Å². The van der Waals surface area contributed by atoms with Crippen LogP contribution in [-0.4, -0.2) is 39.1 Å². The molecule has 28 heavy (non-hydrogen) atoms. The van der Waals surface area contributed by atoms with Crippen LogP contribution in [0.3, 0.4) is 0 Å². The predicted molar refractivity (Wildman–Crippen MR) is 100 cm³/mol. The SMILES string of the molecule is CC(C)n1nccc1NC(=O)CN1C(=O)NC(C)(c2ccc(F)cc2Cl)C1=O. The number of hydrogen-bond donors (Lipinski definition) is 2. The van der Waals surface area contributed by atoms with Gasteiger partial charge in [-0.15, -0.1) is 0 Å². The van der Waals surface area contributed by atoms with Gasteiger partial charge < -0.3 is 10.6 Å². The third-order valence-electron chi connectivity index (χ3n) is 4.47. The first-order chi connectivity index (χ1) is 13.1. The highest BCUT2D eigenvalue weighted by atomic mass is 35.5. The Morgan fingerprint density at radius 3 is 2.71 bits per heavy atom. The van der Waals surface area contributed by atoms with E-state index in [1.54, 1.807) is 10.7 Å². The number of amides is 4. The molecule has 3 rings (SSSR count). The van der Waals surface area contributed by atoms with Crippen molar-refractivity contribution in [2.45, 2.75) is 32.4 Å². The van der Waals surface area contributed by atoms with E-state index in [1.807, 2.05) is 13.8 Å². The smallest absolute Gasteiger partial charge is 0.319 e. The second kappa shape index (κ2) is 7.23. The van der Waals surface area contributed by atoms with Crippen molar-refractivity contribution in [2.24, 2.45) is 0 Å². The summed E-state index contributed by atoms with van der Waals surface area (Å²) in [6.07, 6.45) is 1.54. The number of carbonyl (C=O) groups excluding carboxylic acids is 3. The van der Waals surface area contributed by atoms with Crippen LogP contribution in [0.25, 0.3) is 0 Å². The van der Waals surface area contributed by atoms with E-state index in [1.165, 1.54) is 19.2 Å². The fraction of sp³-hybridized carbons (Fsp3) is 0.333. The fourth-order valence-electron chi connectivity index (χ4n) is 3.07. The normalized spacial score (nSPS) is 19.3. The largest absolute Gasteiger partial charge is 0.325 e. The molecule has 4 amide bonds. The van der Waals surface area contributed by atoms with Gasteiger partial charge in [-0.2, -0.15) is 5.10 Å². The predicted octanol–water partition coefficient (Wildman–Crippen LogP) is 2.66. The molecule has 1 fully saturated rings. The number of halogens is 2. The summed E-state index contributed by atoms with van der Waals surface area (Å²) in [7, 11) is 0. The molecule has 1 saturated heterocycles. The van der Waals surface area contributed by atoms with Crippen LogP contribution in [0.4, 0.5) is 15.0 Å². The van der Waals surface area contributed by atoms with E-state index in [9.17, 15) is 18.8 Å². The van der Waals surface area contributed by atoms with Crippen molar-refractivity contribution in [3.05, 3.63) is 46.9 Å². The van der Waals surface area contributed by atoms with Gasteiger partial charge in [0.05, 0.1) is 6.20 Å². The van der Waals surface area contributed by atoms with Crippen molar-refractivity contribution >= 4 is 35.3 Å². The van der Waals surface area contributed by atoms with E-state index in [2.05, 4.69) is 15.7 Å². The highest BCUT2D eigenvalue weighted by Gasteiger charge is 2.50. The monoisotopic (exact) mass is 407 g/mol. The first-order valence-electron chi connectivity index (χ1n) is 8.56. The van der Waals surface area contributed by atoms with Gasteiger partial charge in [0.15, 0.2) is 0 Å². The molecule has 1 unspecified atom stereocenters. The van der Waals surface area contributed by atoms with Crippen LogP contribution in [0.5, 0.6) is 0 Å². The maximum absolute atomic E-state index is 13.3. The van der Waals surface area contributed by atoms with E-state index >= 15 is 0 Å². The summed E-state index contributed by atoms with van der Waals surface area (Å²) in [6, 6.07) is 4.44. The Kier molecular flexibility index (Phi) is 5.12. The Morgan fingerprint density at radius 1 is 1.36 bits per heavy atom. The summed E-state index contributed by atoms with van der Waals surface area (Å²) < 4.78 is 14.9. The summed E-state index contributed by atoms with van der Waals surface area (Å²) in [6.45, 7) is 4.77. The minimum absolute atomic E-state index is 0.00304. The minimum Gasteiger partial charge on any atom is -0.319 e. The van der Waals surface area contributed by atoms with Gasteiger partial charge in [0, 0.05) is 22.7 Å². The molecule has 0 bridgehead atoms. The number of aromatic nitrogens is 2. The van der Waals surface area contributed by atoms with Gasteiger partial charge in [-0.3, -0.25) is 14.5 Å². The van der Waals surface area contributed by atoms with E-state index in [0.29, 0.717) is 5.82 Å². The number of benzene rings is 1. The molecule has 10 heteroatoms. The van der Waals surface area contributed by atoms with Gasteiger partial charge >= 0.3 is 6.03 Å². The third kappa shape index (κ3) is 3.45. The summed E-state index contributed by atoms with van der Waals surface area (Å²) in [5.74, 6) is -1.32. The van der Waals surface area contributed by atoms with Gasteiger partial charge in [0.1, 0.15) is 23.7 Å². The number of anilines is 1. The van der Waals surface area contributed by atoms with Crippen LogP contribution in [0.1, 0.15) is 32.4 Å². The standard InChI is InChI=1S/C18H19ClFN5O3/c1-10(2)25-14(6-7-21-25)22-15(26)9-24-16(27)18(3,23-17(24)28)12-5-4-11(20)8-13(12)19/h4-8,10H,9H2,1-3H3,(H,22,26)(H,23,28). The van der Waals surface area contributed by atoms with E-state index in [0.717, 1.165) is 17.0 Å². The number of hydrogen-bond acceptors (Lipinski definition) is 4. The molecule has 0 saturated carbocycles. The highest BCUT2D eigenvalue weighted by Crippen LogP contribution is 2.33. The van der Waals surface area contributed by atoms with Crippen LogP contribution < -0.4 is 10.6 Å². The van der Waals surface area contributed by atoms with Crippen molar-refractivity contribution in [1.82, 2.24) is 20.0 Å². The van der Waals surface area contributed by atoms with E-state index < -0.39 is 35.7 Å². The van der Waals surface area contributed by atoms with Crippen LogP contribution in [-0.2, 0) is 15.1 Å². The Bertz CT molecular complexity index is 960. The van der Waals surface area contributed by atoms with Gasteiger partial charge in [-0.1, -0.05) is 17.7 Å². The number of rotatable bonds is 5. The average molecular weight is 408 g/mol. The Morgan fingerprint density at radius 2 is 2.07 bits per heavy atom. The van der Waals surface area contributed by atoms with Crippen molar-refractivity contribution in [3.8, 4) is 0 Å². The first kappa shape index (κ1) is 19.8. The summed E-state index contributed by atoms with van der Waals surface area (Å²) >= 11 is 6.06. The molecule has 1 aromatic carbocycles. The zero-order valence-electron chi connectivity index (χ0n) is 15.5. The maximum atomic E-state index is 13.3. The number of nitrogens with one attached hydrogen (secondary N) is 2. The van der Waals surface area contributed by atoms with Crippen molar-refractivity contribution in [1.29, 1.82) is 0 Å². The molecular formula is C18H19ClFN5O3. The van der Waals surface area contributed by atoms with Crippen LogP contribution in [0, 0.1) is 5.82 Å². The Hall–Kier alpha value is -2.94. The van der Waals surface area contributed by atoms with Gasteiger partial charge in [0.2, 0.25) is 5.91 Å². The molecular weight excluding hydrogens is 389 g/mol. The number of imide groups is 1. The summed E-state index contributed by atoms with van der Waals surface area (Å²) in [5.41, 5.74) is -1.25. The maximum Gasteiger partial charge on any atom is 0.325 e. The molecule has 1 aliphatic rings. The molecule has 1 atom stereocenters. The van der Waals surface area contributed by atoms with Crippen molar-refractivity contribution in [3.63, 3.8) is 0 Å². The Labute approximate surface area is 165 Å². The molecule has 2 heterocycles. The lowest BCUT2D eigenvalue weighted by molar-refractivity contribution is -0.133. The lowest BCUT2D eigenvalue weighted by atomic mass is 9.92. The summed E-state index contributed by atoms with van der Waals surface area (Å²) in [5, 5.41) is 9.28. The molecule has 2 aromatic rings. The van der Waals surface area contributed by atoms with Gasteiger partial charge in [-0.05, 0) is 32.9 Å². The number of nitrogens with zero attached hydrogens (tertiary/aromatic N) is 3. The molecule has 0 aliphatic carbocycles. The van der Waals surface area contributed by atoms with Crippen molar-refractivity contribution < 1.29 is 18.8 Å². The third-order valence-corrected chi connectivity index (χ3v) is 4.79. The molecule has 2 N–H and O–H groups in total. The number of carbonyl (C=O) groups is 3. The molecule has 1 aliphatic heterocycles. The topological polar surface area (TPSA) is 96.3 Å². The van der Waals surface area contributed by atoms with Crippen LogP contribution in [0.15, 0.2) is 30.5 Å². The molecule has 0 spiro atoms. The van der Waals surface area contributed by atoms with E-state index in [4.69, 9.17) is 11.6 Å². The lowest BCUT2D eigenvalue weighted by Crippen LogP contribution is -2.42. The highest BCUT2D eigenvalue weighted by molar-refractivity contribution is 6.32. The van der Waals surface area contributed by atoms with E-state index in [-0.39, 0.29) is 16.6 Å². The molecule has 148 valence electrons. The average Bonchev–Trinajstić information content (AvgIpc) is 3.14.